The van der Waals surface area contributed by atoms with Crippen molar-refractivity contribution in [2.24, 2.45) is 5.10 Å². The number of ether oxygens (including phenoxy) is 2. The first-order valence-corrected chi connectivity index (χ1v) is 14.8. The average Bonchev–Trinajstić information content (AvgIpc) is 3.04. The number of sulfonamides is 1. The fourth-order valence-corrected chi connectivity index (χ4v) is 5.31. The first-order valence-electron chi connectivity index (χ1n) is 13.4. The third kappa shape index (κ3) is 9.52. The van der Waals surface area contributed by atoms with Gasteiger partial charge in [0.25, 0.3) is 11.8 Å². The van der Waals surface area contributed by atoms with Crippen molar-refractivity contribution >= 4 is 28.1 Å². The Labute approximate surface area is 251 Å². The third-order valence-corrected chi connectivity index (χ3v) is 8.01. The van der Waals surface area contributed by atoms with E-state index in [0.29, 0.717) is 23.6 Å². The van der Waals surface area contributed by atoms with Gasteiger partial charge in [-0.05, 0) is 65.2 Å². The smallest absolute Gasteiger partial charge is 0.258 e. The molecule has 222 valence electrons. The Balaban J connectivity index is 1.31. The van der Waals surface area contributed by atoms with Gasteiger partial charge in [-0.25, -0.2) is 13.8 Å². The summed E-state index contributed by atoms with van der Waals surface area (Å²) in [5, 5.41) is 6.77. The van der Waals surface area contributed by atoms with Crippen LogP contribution in [0, 0.1) is 0 Å². The van der Waals surface area contributed by atoms with Crippen LogP contribution < -0.4 is 20.2 Å². The maximum Gasteiger partial charge on any atom is 0.258 e. The van der Waals surface area contributed by atoms with Crippen molar-refractivity contribution in [2.45, 2.75) is 18.0 Å². The molecule has 0 saturated heterocycles. The lowest BCUT2D eigenvalue weighted by Gasteiger charge is -2.21. The third-order valence-electron chi connectivity index (χ3n) is 6.20. The van der Waals surface area contributed by atoms with Gasteiger partial charge in [-0.15, -0.1) is 0 Å². The SMILES string of the molecule is COc1ccc(S(=O)(=O)N(CC(=O)N/N=C/c2ccc(OCC(=O)NCc3ccccc3)cc2)Cc2ccccc2)cc1. The second-order valence-electron chi connectivity index (χ2n) is 9.35. The monoisotopic (exact) mass is 600 g/mol. The van der Waals surface area contributed by atoms with Crippen molar-refractivity contribution < 1.29 is 27.5 Å². The topological polar surface area (TPSA) is 126 Å². The van der Waals surface area contributed by atoms with E-state index in [1.807, 2.05) is 36.4 Å². The Kier molecular flexibility index (Phi) is 11.0. The molecule has 4 aromatic rings. The number of hydrogen-bond donors (Lipinski definition) is 2. The molecule has 43 heavy (non-hydrogen) atoms. The molecule has 0 aliphatic heterocycles. The van der Waals surface area contributed by atoms with E-state index in [1.165, 1.54) is 25.5 Å². The van der Waals surface area contributed by atoms with E-state index < -0.39 is 22.5 Å². The van der Waals surface area contributed by atoms with E-state index in [2.05, 4.69) is 15.8 Å². The van der Waals surface area contributed by atoms with Crippen LogP contribution in [0.3, 0.4) is 0 Å². The zero-order valence-corrected chi connectivity index (χ0v) is 24.4. The van der Waals surface area contributed by atoms with E-state index in [1.54, 1.807) is 60.7 Å². The van der Waals surface area contributed by atoms with Crippen molar-refractivity contribution in [3.63, 3.8) is 0 Å². The van der Waals surface area contributed by atoms with Gasteiger partial charge >= 0.3 is 0 Å². The van der Waals surface area contributed by atoms with Gasteiger partial charge in [0.1, 0.15) is 11.5 Å². The molecule has 0 aliphatic carbocycles. The molecule has 0 unspecified atom stereocenters. The molecular weight excluding hydrogens is 568 g/mol. The summed E-state index contributed by atoms with van der Waals surface area (Å²) < 4.78 is 38.6. The first kappa shape index (κ1) is 30.9. The molecule has 2 N–H and O–H groups in total. The maximum absolute atomic E-state index is 13.4. The van der Waals surface area contributed by atoms with Crippen LogP contribution in [0.25, 0.3) is 0 Å². The predicted octanol–water partition coefficient (Wildman–Crippen LogP) is 3.73. The summed E-state index contributed by atoms with van der Waals surface area (Å²) in [6.07, 6.45) is 1.42. The molecule has 10 nitrogen and oxygen atoms in total. The molecule has 0 aliphatic rings. The number of benzene rings is 4. The van der Waals surface area contributed by atoms with Crippen molar-refractivity contribution in [3.05, 3.63) is 126 Å². The van der Waals surface area contributed by atoms with Gasteiger partial charge in [-0.3, -0.25) is 9.59 Å². The molecule has 0 saturated carbocycles. The maximum atomic E-state index is 13.4. The minimum Gasteiger partial charge on any atom is -0.497 e. The van der Waals surface area contributed by atoms with Gasteiger partial charge < -0.3 is 14.8 Å². The van der Waals surface area contributed by atoms with E-state index in [-0.39, 0.29) is 24.0 Å². The number of nitrogens with zero attached hydrogens (tertiary/aromatic N) is 2. The molecule has 0 heterocycles. The Morgan fingerprint density at radius 3 is 2.02 bits per heavy atom. The Hall–Kier alpha value is -5.00. The number of amides is 2. The van der Waals surface area contributed by atoms with E-state index in [4.69, 9.17) is 9.47 Å². The van der Waals surface area contributed by atoms with Crippen molar-refractivity contribution in [1.82, 2.24) is 15.0 Å². The van der Waals surface area contributed by atoms with Gasteiger partial charge in [-0.1, -0.05) is 60.7 Å². The van der Waals surface area contributed by atoms with Crippen LogP contribution in [0.2, 0.25) is 0 Å². The fourth-order valence-electron chi connectivity index (χ4n) is 3.93. The summed E-state index contributed by atoms with van der Waals surface area (Å²) in [6.45, 7) is -0.158. The molecule has 2 amide bonds. The second-order valence-corrected chi connectivity index (χ2v) is 11.3. The zero-order chi connectivity index (χ0) is 30.5. The molecular formula is C32H32N4O6S. The predicted molar refractivity (Wildman–Crippen MR) is 163 cm³/mol. The molecule has 0 spiro atoms. The highest BCUT2D eigenvalue weighted by atomic mass is 32.2. The first-order chi connectivity index (χ1) is 20.8. The van der Waals surface area contributed by atoms with Crippen molar-refractivity contribution in [2.75, 3.05) is 20.3 Å². The molecule has 0 aromatic heterocycles. The number of rotatable bonds is 14. The van der Waals surface area contributed by atoms with Gasteiger partial charge in [-0.2, -0.15) is 9.41 Å². The Morgan fingerprint density at radius 1 is 0.791 bits per heavy atom. The highest BCUT2D eigenvalue weighted by Gasteiger charge is 2.27. The zero-order valence-electron chi connectivity index (χ0n) is 23.6. The molecule has 0 radical (unpaired) electrons. The quantitative estimate of drug-likeness (QED) is 0.168. The van der Waals surface area contributed by atoms with Crippen LogP contribution in [-0.2, 0) is 32.7 Å². The molecule has 0 fully saturated rings. The normalized spacial score (nSPS) is 11.3. The van der Waals surface area contributed by atoms with Crippen LogP contribution >= 0.6 is 0 Å². The number of nitrogens with one attached hydrogen (secondary N) is 2. The van der Waals surface area contributed by atoms with E-state index in [9.17, 15) is 18.0 Å². The Morgan fingerprint density at radius 2 is 1.40 bits per heavy atom. The number of carbonyl (C=O) groups excluding carboxylic acids is 2. The van der Waals surface area contributed by atoms with Gasteiger partial charge in [0.05, 0.1) is 24.8 Å². The number of methoxy groups -OCH3 is 1. The summed E-state index contributed by atoms with van der Waals surface area (Å²) >= 11 is 0. The van der Waals surface area contributed by atoms with Gasteiger partial charge in [0, 0.05) is 13.1 Å². The number of hydrazone groups is 1. The number of hydrogen-bond acceptors (Lipinski definition) is 7. The summed E-state index contributed by atoms with van der Waals surface area (Å²) in [5.74, 6) is 0.166. The summed E-state index contributed by atoms with van der Waals surface area (Å²) in [7, 11) is -2.51. The average molecular weight is 601 g/mol. The molecule has 4 aromatic carbocycles. The summed E-state index contributed by atoms with van der Waals surface area (Å²) in [6, 6.07) is 31.3. The van der Waals surface area contributed by atoms with Crippen molar-refractivity contribution in [3.8, 4) is 11.5 Å². The standard InChI is InChI=1S/C32H32N4O6S/c1-41-28-16-18-30(19-17-28)43(39,40)36(22-27-10-6-3-7-11-27)23-31(37)35-34-21-26-12-14-29(15-13-26)42-24-32(38)33-20-25-8-4-2-5-9-25/h2-19,21H,20,22-24H2,1H3,(H,33,38)(H,35,37)/b34-21+. The Bertz CT molecular complexity index is 1610. The largest absolute Gasteiger partial charge is 0.497 e. The highest BCUT2D eigenvalue weighted by molar-refractivity contribution is 7.89. The minimum absolute atomic E-state index is 0.00191. The van der Waals surface area contributed by atoms with Crippen LogP contribution in [0.1, 0.15) is 16.7 Å². The van der Waals surface area contributed by atoms with Crippen LogP contribution in [0.5, 0.6) is 11.5 Å². The van der Waals surface area contributed by atoms with Crippen LogP contribution in [0.4, 0.5) is 0 Å². The molecule has 4 rings (SSSR count). The molecule has 11 heteroatoms. The fraction of sp³-hybridized carbons (Fsp3) is 0.156. The minimum atomic E-state index is -4.01. The lowest BCUT2D eigenvalue weighted by Crippen LogP contribution is -2.39. The van der Waals surface area contributed by atoms with E-state index in [0.717, 1.165) is 15.4 Å². The second kappa shape index (κ2) is 15.3. The summed E-state index contributed by atoms with van der Waals surface area (Å²) in [4.78, 5) is 24.9. The number of carbonyl (C=O) groups is 2. The molecule has 0 bridgehead atoms. The lowest BCUT2D eigenvalue weighted by molar-refractivity contribution is -0.123. The van der Waals surface area contributed by atoms with Crippen LogP contribution in [0.15, 0.2) is 119 Å². The highest BCUT2D eigenvalue weighted by Crippen LogP contribution is 2.21. The van der Waals surface area contributed by atoms with Crippen LogP contribution in [-0.4, -0.2) is 51.0 Å². The lowest BCUT2D eigenvalue weighted by atomic mass is 10.2. The van der Waals surface area contributed by atoms with Crippen molar-refractivity contribution in [1.29, 1.82) is 0 Å². The van der Waals surface area contributed by atoms with Gasteiger partial charge in [0.2, 0.25) is 10.0 Å². The van der Waals surface area contributed by atoms with Gasteiger partial charge in [0.15, 0.2) is 6.61 Å². The molecule has 0 atom stereocenters. The van der Waals surface area contributed by atoms with E-state index >= 15 is 0 Å². The summed E-state index contributed by atoms with van der Waals surface area (Å²) in [5.41, 5.74) is 4.78.